The minimum Gasteiger partial charge on any atom is -0.384 e. The number of nitrogens with one attached hydrogen (secondary N) is 1. The summed E-state index contributed by atoms with van der Waals surface area (Å²) in [5.41, 5.74) is 2.14. The Hall–Kier alpha value is -1.31. The van der Waals surface area contributed by atoms with Gasteiger partial charge in [-0.15, -0.1) is 0 Å². The normalized spacial score (nSPS) is 20.5. The third-order valence-corrected chi connectivity index (χ3v) is 1.98. The molecule has 0 spiro atoms. The van der Waals surface area contributed by atoms with Gasteiger partial charge in [-0.3, -0.25) is 4.79 Å². The number of rotatable bonds is 1. The Labute approximate surface area is 65.2 Å². The maximum Gasteiger partial charge on any atom is 0.208 e. The van der Waals surface area contributed by atoms with Crippen LogP contribution in [0.1, 0.15) is 11.5 Å². The van der Waals surface area contributed by atoms with Gasteiger partial charge in [-0.2, -0.15) is 0 Å². The Balaban J connectivity index is 2.46. The fraction of sp³-hybridized carbons (Fsp3) is 0.222. The third-order valence-electron chi connectivity index (χ3n) is 1.98. The van der Waals surface area contributed by atoms with Crippen LogP contribution in [0.25, 0.3) is 0 Å². The molecule has 55 valence electrons. The highest BCUT2D eigenvalue weighted by atomic mass is 16.1. The molecule has 2 nitrogen and oxygen atoms in total. The molecule has 0 bridgehead atoms. The molecule has 1 aromatic carbocycles. The second-order valence-corrected chi connectivity index (χ2v) is 2.64. The van der Waals surface area contributed by atoms with E-state index in [2.05, 4.69) is 5.32 Å². The standard InChI is InChI=1S/C9H8NO/c11-6-7-5-10-9-4-2-1-3-8(7)9/h1-4,7,10H,5H2. The average molecular weight is 146 g/mol. The fourth-order valence-corrected chi connectivity index (χ4v) is 1.39. The molecule has 1 aliphatic heterocycles. The van der Waals surface area contributed by atoms with Gasteiger partial charge in [0.15, 0.2) is 0 Å². The molecule has 0 aromatic heterocycles. The molecule has 1 aliphatic rings. The van der Waals surface area contributed by atoms with Gasteiger partial charge in [0.05, 0.1) is 5.92 Å². The second-order valence-electron chi connectivity index (χ2n) is 2.64. The molecule has 2 heteroatoms. The number of fused-ring (bicyclic) bond motifs is 1. The second kappa shape index (κ2) is 2.38. The van der Waals surface area contributed by atoms with E-state index in [9.17, 15) is 4.79 Å². The van der Waals surface area contributed by atoms with Crippen molar-refractivity contribution < 1.29 is 4.79 Å². The lowest BCUT2D eigenvalue weighted by Crippen LogP contribution is -2.01. The van der Waals surface area contributed by atoms with Gasteiger partial charge in [0.25, 0.3) is 0 Å². The summed E-state index contributed by atoms with van der Waals surface area (Å²) >= 11 is 0. The number of anilines is 1. The van der Waals surface area contributed by atoms with Crippen molar-refractivity contribution in [2.75, 3.05) is 11.9 Å². The van der Waals surface area contributed by atoms with E-state index >= 15 is 0 Å². The minimum atomic E-state index is -0.0637. The smallest absolute Gasteiger partial charge is 0.208 e. The Morgan fingerprint density at radius 3 is 3.09 bits per heavy atom. The summed E-state index contributed by atoms with van der Waals surface area (Å²) < 4.78 is 0. The predicted molar refractivity (Wildman–Crippen MR) is 43.4 cm³/mol. The highest BCUT2D eigenvalue weighted by Gasteiger charge is 2.20. The van der Waals surface area contributed by atoms with Crippen molar-refractivity contribution in [1.82, 2.24) is 0 Å². The lowest BCUT2D eigenvalue weighted by atomic mass is 10.0. The van der Waals surface area contributed by atoms with Crippen LogP contribution in [-0.4, -0.2) is 12.8 Å². The highest BCUT2D eigenvalue weighted by Crippen LogP contribution is 2.28. The Kier molecular flexibility index (Phi) is 1.39. The molecule has 1 atom stereocenters. The number of hydrogen-bond donors (Lipinski definition) is 1. The van der Waals surface area contributed by atoms with Crippen molar-refractivity contribution in [1.29, 1.82) is 0 Å². The van der Waals surface area contributed by atoms with Crippen LogP contribution in [0.15, 0.2) is 24.3 Å². The summed E-state index contributed by atoms with van der Waals surface area (Å²) in [4.78, 5) is 10.4. The van der Waals surface area contributed by atoms with Crippen LogP contribution in [0.2, 0.25) is 0 Å². The van der Waals surface area contributed by atoms with Crippen LogP contribution < -0.4 is 5.32 Å². The fourth-order valence-electron chi connectivity index (χ4n) is 1.39. The Morgan fingerprint density at radius 2 is 2.27 bits per heavy atom. The Morgan fingerprint density at radius 1 is 1.45 bits per heavy atom. The molecule has 1 heterocycles. The number of benzene rings is 1. The van der Waals surface area contributed by atoms with Gasteiger partial charge < -0.3 is 5.32 Å². The van der Waals surface area contributed by atoms with Crippen molar-refractivity contribution in [2.24, 2.45) is 0 Å². The molecule has 1 N–H and O–H groups in total. The first-order valence-corrected chi connectivity index (χ1v) is 3.62. The average Bonchev–Trinajstić information content (AvgIpc) is 2.47. The maximum atomic E-state index is 10.4. The first kappa shape index (κ1) is 6.40. The van der Waals surface area contributed by atoms with Crippen molar-refractivity contribution in [3.8, 4) is 0 Å². The van der Waals surface area contributed by atoms with Gasteiger partial charge >= 0.3 is 0 Å². The zero-order valence-corrected chi connectivity index (χ0v) is 6.00. The molecule has 1 unspecified atom stereocenters. The first-order chi connectivity index (χ1) is 5.42. The molecule has 11 heavy (non-hydrogen) atoms. The largest absolute Gasteiger partial charge is 0.384 e. The number of carbonyl (C=O) groups excluding carboxylic acids is 1. The monoisotopic (exact) mass is 146 g/mol. The molecule has 1 radical (unpaired) electrons. The third kappa shape index (κ3) is 0.909. The summed E-state index contributed by atoms with van der Waals surface area (Å²) in [6, 6.07) is 7.84. The molecule has 1 aromatic rings. The quantitative estimate of drug-likeness (QED) is 0.647. The zero-order chi connectivity index (χ0) is 7.68. The molecule has 0 fully saturated rings. The van der Waals surface area contributed by atoms with Crippen LogP contribution in [0.4, 0.5) is 5.69 Å². The van der Waals surface area contributed by atoms with E-state index in [1.165, 1.54) is 0 Å². The molecule has 2 rings (SSSR count). The summed E-state index contributed by atoms with van der Waals surface area (Å²) in [6.07, 6.45) is 2.01. The van der Waals surface area contributed by atoms with Crippen molar-refractivity contribution in [2.45, 2.75) is 5.92 Å². The van der Waals surface area contributed by atoms with Gasteiger partial charge in [0.1, 0.15) is 0 Å². The van der Waals surface area contributed by atoms with Gasteiger partial charge in [-0.1, -0.05) is 18.2 Å². The lowest BCUT2D eigenvalue weighted by molar-refractivity contribution is 0.546. The minimum absolute atomic E-state index is 0.0637. The van der Waals surface area contributed by atoms with E-state index in [0.717, 1.165) is 11.3 Å². The number of hydrogen-bond acceptors (Lipinski definition) is 2. The van der Waals surface area contributed by atoms with Crippen molar-refractivity contribution >= 4 is 12.0 Å². The lowest BCUT2D eigenvalue weighted by Gasteiger charge is -1.97. The summed E-state index contributed by atoms with van der Waals surface area (Å²) in [7, 11) is 0. The van der Waals surface area contributed by atoms with Crippen LogP contribution in [-0.2, 0) is 4.79 Å². The van der Waals surface area contributed by atoms with Gasteiger partial charge in [-0.05, 0) is 11.6 Å². The van der Waals surface area contributed by atoms with E-state index in [4.69, 9.17) is 0 Å². The Bertz CT molecular complexity index is 283. The summed E-state index contributed by atoms with van der Waals surface area (Å²) in [5, 5.41) is 3.14. The number of para-hydroxylation sites is 1. The molecule has 0 amide bonds. The molecular weight excluding hydrogens is 138 g/mol. The predicted octanol–water partition coefficient (Wildman–Crippen LogP) is 1.31. The first-order valence-electron chi connectivity index (χ1n) is 3.62. The molecule has 0 aliphatic carbocycles. The highest BCUT2D eigenvalue weighted by molar-refractivity contribution is 5.73. The molecular formula is C9H8NO. The van der Waals surface area contributed by atoms with E-state index < -0.39 is 0 Å². The van der Waals surface area contributed by atoms with Crippen molar-refractivity contribution in [3.05, 3.63) is 29.8 Å². The SMILES string of the molecule is O=[C]C1CNc2ccccc21. The summed E-state index contributed by atoms with van der Waals surface area (Å²) in [5.74, 6) is -0.0637. The molecule has 0 saturated carbocycles. The van der Waals surface area contributed by atoms with Crippen LogP contribution in [0.5, 0.6) is 0 Å². The topological polar surface area (TPSA) is 29.1 Å². The summed E-state index contributed by atoms with van der Waals surface area (Å²) in [6.45, 7) is 0.697. The van der Waals surface area contributed by atoms with Crippen LogP contribution in [0, 0.1) is 0 Å². The van der Waals surface area contributed by atoms with E-state index in [0.29, 0.717) is 6.54 Å². The van der Waals surface area contributed by atoms with Crippen molar-refractivity contribution in [3.63, 3.8) is 0 Å². The van der Waals surface area contributed by atoms with E-state index in [1.54, 1.807) is 0 Å². The van der Waals surface area contributed by atoms with E-state index in [1.807, 2.05) is 30.6 Å². The maximum absolute atomic E-state index is 10.4. The molecule has 0 saturated heterocycles. The van der Waals surface area contributed by atoms with Gasteiger partial charge in [-0.25, -0.2) is 0 Å². The van der Waals surface area contributed by atoms with Crippen LogP contribution in [0.3, 0.4) is 0 Å². The van der Waals surface area contributed by atoms with E-state index in [-0.39, 0.29) is 5.92 Å². The van der Waals surface area contributed by atoms with Crippen LogP contribution >= 0.6 is 0 Å². The zero-order valence-electron chi connectivity index (χ0n) is 6.00. The van der Waals surface area contributed by atoms with Gasteiger partial charge in [0, 0.05) is 12.2 Å². The van der Waals surface area contributed by atoms with Gasteiger partial charge in [0.2, 0.25) is 6.29 Å².